The van der Waals surface area contributed by atoms with Gasteiger partial charge >= 0.3 is 0 Å². The molecular weight excluding hydrogens is 347 g/mol. The molecule has 0 radical (unpaired) electrons. The zero-order valence-corrected chi connectivity index (χ0v) is 13.3. The second-order valence-electron chi connectivity index (χ2n) is 5.28. The molecular formula is C14H17BrClFN2O. The van der Waals surface area contributed by atoms with Crippen molar-refractivity contribution in [3.05, 3.63) is 34.1 Å². The van der Waals surface area contributed by atoms with Crippen molar-refractivity contribution in [3.8, 4) is 0 Å². The summed E-state index contributed by atoms with van der Waals surface area (Å²) in [6.45, 7) is 2.59. The number of piperidine rings is 1. The van der Waals surface area contributed by atoms with Crippen molar-refractivity contribution in [2.75, 3.05) is 19.6 Å². The van der Waals surface area contributed by atoms with Gasteiger partial charge in [0.15, 0.2) is 0 Å². The van der Waals surface area contributed by atoms with Crippen LogP contribution in [0.4, 0.5) is 4.39 Å². The molecule has 0 saturated carbocycles. The van der Waals surface area contributed by atoms with E-state index in [0.29, 0.717) is 22.0 Å². The molecule has 2 atom stereocenters. The van der Waals surface area contributed by atoms with E-state index in [1.54, 1.807) is 12.1 Å². The molecule has 2 fully saturated rings. The van der Waals surface area contributed by atoms with Gasteiger partial charge in [0.25, 0.3) is 5.91 Å². The van der Waals surface area contributed by atoms with Crippen molar-refractivity contribution < 1.29 is 9.18 Å². The van der Waals surface area contributed by atoms with E-state index in [1.165, 1.54) is 6.07 Å². The maximum atomic E-state index is 13.5. The van der Waals surface area contributed by atoms with Gasteiger partial charge in [-0.3, -0.25) is 4.79 Å². The molecule has 110 valence electrons. The molecule has 1 N–H and O–H groups in total. The number of halogens is 3. The summed E-state index contributed by atoms with van der Waals surface area (Å²) in [6.07, 6.45) is 2.12. The van der Waals surface area contributed by atoms with Crippen LogP contribution in [0, 0.1) is 11.7 Å². The first-order chi connectivity index (χ1) is 9.15. The molecule has 2 unspecified atom stereocenters. The van der Waals surface area contributed by atoms with Crippen molar-refractivity contribution in [1.82, 2.24) is 10.2 Å². The third-order valence-corrected chi connectivity index (χ3v) is 4.75. The van der Waals surface area contributed by atoms with E-state index in [-0.39, 0.29) is 24.1 Å². The molecule has 0 spiro atoms. The SMILES string of the molecule is Cl.O=C(c1ccc(Br)c(F)c1)N1CCC2NCCC2C1. The van der Waals surface area contributed by atoms with Gasteiger partial charge in [0.2, 0.25) is 0 Å². The minimum atomic E-state index is -0.386. The predicted octanol–water partition coefficient (Wildman–Crippen LogP) is 2.83. The Hall–Kier alpha value is -0.650. The lowest BCUT2D eigenvalue weighted by atomic mass is 9.93. The van der Waals surface area contributed by atoms with Crippen LogP contribution in [0.15, 0.2) is 22.7 Å². The number of nitrogens with zero attached hydrogens (tertiary/aromatic N) is 1. The molecule has 3 rings (SSSR count). The summed E-state index contributed by atoms with van der Waals surface area (Å²) in [4.78, 5) is 14.2. The standard InChI is InChI=1S/C14H16BrFN2O.ClH/c15-11-2-1-9(7-12(11)16)14(19)18-6-4-13-10(8-18)3-5-17-13;/h1-2,7,10,13,17H,3-6,8H2;1H. The molecule has 1 amide bonds. The van der Waals surface area contributed by atoms with E-state index in [0.717, 1.165) is 32.5 Å². The lowest BCUT2D eigenvalue weighted by molar-refractivity contribution is 0.0661. The number of carbonyl (C=O) groups excluding carboxylic acids is 1. The molecule has 3 nitrogen and oxygen atoms in total. The van der Waals surface area contributed by atoms with Gasteiger partial charge in [-0.15, -0.1) is 12.4 Å². The Balaban J connectivity index is 0.00000147. The van der Waals surface area contributed by atoms with Crippen LogP contribution >= 0.6 is 28.3 Å². The van der Waals surface area contributed by atoms with Crippen molar-refractivity contribution in [3.63, 3.8) is 0 Å². The molecule has 2 heterocycles. The van der Waals surface area contributed by atoms with Crippen LogP contribution in [0.1, 0.15) is 23.2 Å². The molecule has 2 aliphatic rings. The maximum Gasteiger partial charge on any atom is 0.253 e. The number of carbonyl (C=O) groups is 1. The normalized spacial score (nSPS) is 25.0. The Morgan fingerprint density at radius 1 is 1.40 bits per heavy atom. The average Bonchev–Trinajstić information content (AvgIpc) is 2.88. The van der Waals surface area contributed by atoms with Crippen molar-refractivity contribution in [1.29, 1.82) is 0 Å². The summed E-state index contributed by atoms with van der Waals surface area (Å²) in [6, 6.07) is 5.14. The van der Waals surface area contributed by atoms with E-state index >= 15 is 0 Å². The minimum absolute atomic E-state index is 0. The summed E-state index contributed by atoms with van der Waals surface area (Å²) in [5.74, 6) is 0.109. The van der Waals surface area contributed by atoms with Crippen LogP contribution in [0.2, 0.25) is 0 Å². The number of likely N-dealkylation sites (tertiary alicyclic amines) is 1. The molecule has 1 aromatic carbocycles. The summed E-state index contributed by atoms with van der Waals surface area (Å²) in [5.41, 5.74) is 0.435. The number of fused-ring (bicyclic) bond motifs is 1. The molecule has 0 aliphatic carbocycles. The van der Waals surface area contributed by atoms with Crippen LogP contribution in [-0.4, -0.2) is 36.5 Å². The maximum absolute atomic E-state index is 13.5. The first-order valence-corrected chi connectivity index (χ1v) is 7.42. The highest BCUT2D eigenvalue weighted by Crippen LogP contribution is 2.26. The van der Waals surface area contributed by atoms with Crippen molar-refractivity contribution >= 4 is 34.2 Å². The Labute approximate surface area is 132 Å². The topological polar surface area (TPSA) is 32.3 Å². The van der Waals surface area contributed by atoms with Gasteiger partial charge in [-0.2, -0.15) is 0 Å². The first-order valence-electron chi connectivity index (χ1n) is 6.63. The Kier molecular flexibility index (Phi) is 5.04. The Morgan fingerprint density at radius 3 is 2.95 bits per heavy atom. The lowest BCUT2D eigenvalue weighted by Gasteiger charge is -2.34. The fourth-order valence-corrected chi connectivity index (χ4v) is 3.29. The molecule has 2 saturated heterocycles. The van der Waals surface area contributed by atoms with Gasteiger partial charge < -0.3 is 10.2 Å². The van der Waals surface area contributed by atoms with E-state index in [1.807, 2.05) is 4.90 Å². The number of benzene rings is 1. The molecule has 2 aliphatic heterocycles. The number of hydrogen-bond acceptors (Lipinski definition) is 2. The quantitative estimate of drug-likeness (QED) is 0.832. The molecule has 1 aromatic rings. The van der Waals surface area contributed by atoms with Crippen LogP contribution in [0.3, 0.4) is 0 Å². The second-order valence-corrected chi connectivity index (χ2v) is 6.13. The zero-order valence-electron chi connectivity index (χ0n) is 10.9. The van der Waals surface area contributed by atoms with E-state index < -0.39 is 0 Å². The monoisotopic (exact) mass is 362 g/mol. The van der Waals surface area contributed by atoms with Gasteiger partial charge in [-0.05, 0) is 59.4 Å². The lowest BCUT2D eigenvalue weighted by Crippen LogP contribution is -2.46. The van der Waals surface area contributed by atoms with E-state index in [2.05, 4.69) is 21.2 Å². The van der Waals surface area contributed by atoms with Crippen LogP contribution < -0.4 is 5.32 Å². The Morgan fingerprint density at radius 2 is 2.20 bits per heavy atom. The Bertz CT molecular complexity index is 514. The summed E-state index contributed by atoms with van der Waals surface area (Å²) in [7, 11) is 0. The van der Waals surface area contributed by atoms with E-state index in [4.69, 9.17) is 0 Å². The third-order valence-electron chi connectivity index (χ3n) is 4.11. The second kappa shape index (κ2) is 6.41. The van der Waals surface area contributed by atoms with Gasteiger partial charge in [0.1, 0.15) is 5.82 Å². The van der Waals surface area contributed by atoms with Crippen molar-refractivity contribution in [2.45, 2.75) is 18.9 Å². The predicted molar refractivity (Wildman–Crippen MR) is 81.8 cm³/mol. The molecule has 0 aromatic heterocycles. The third kappa shape index (κ3) is 3.00. The molecule has 0 bridgehead atoms. The number of nitrogens with one attached hydrogen (secondary N) is 1. The summed E-state index contributed by atoms with van der Waals surface area (Å²) < 4.78 is 13.9. The summed E-state index contributed by atoms with van der Waals surface area (Å²) in [5, 5.41) is 3.47. The fraction of sp³-hybridized carbons (Fsp3) is 0.500. The highest BCUT2D eigenvalue weighted by atomic mass is 79.9. The van der Waals surface area contributed by atoms with E-state index in [9.17, 15) is 9.18 Å². The number of hydrogen-bond donors (Lipinski definition) is 1. The minimum Gasteiger partial charge on any atom is -0.338 e. The summed E-state index contributed by atoms with van der Waals surface area (Å²) >= 11 is 3.10. The fourth-order valence-electron chi connectivity index (χ4n) is 3.04. The molecule has 6 heteroatoms. The van der Waals surface area contributed by atoms with Gasteiger partial charge in [-0.25, -0.2) is 4.39 Å². The zero-order chi connectivity index (χ0) is 13.4. The largest absolute Gasteiger partial charge is 0.338 e. The smallest absolute Gasteiger partial charge is 0.253 e. The van der Waals surface area contributed by atoms with Crippen LogP contribution in [0.5, 0.6) is 0 Å². The van der Waals surface area contributed by atoms with Gasteiger partial charge in [-0.1, -0.05) is 0 Å². The number of rotatable bonds is 1. The number of amides is 1. The van der Waals surface area contributed by atoms with Crippen molar-refractivity contribution in [2.24, 2.45) is 5.92 Å². The molecule has 20 heavy (non-hydrogen) atoms. The van der Waals surface area contributed by atoms with Crippen LogP contribution in [-0.2, 0) is 0 Å². The first kappa shape index (κ1) is 15.7. The average molecular weight is 364 g/mol. The van der Waals surface area contributed by atoms with Crippen LogP contribution in [0.25, 0.3) is 0 Å². The highest BCUT2D eigenvalue weighted by Gasteiger charge is 2.34. The van der Waals surface area contributed by atoms with Gasteiger partial charge in [0.05, 0.1) is 4.47 Å². The highest BCUT2D eigenvalue weighted by molar-refractivity contribution is 9.10. The van der Waals surface area contributed by atoms with Gasteiger partial charge in [0, 0.05) is 24.7 Å².